The van der Waals surface area contributed by atoms with Gasteiger partial charge in [0.2, 0.25) is 10.0 Å². The normalized spacial score (nSPS) is 23.7. The van der Waals surface area contributed by atoms with E-state index in [4.69, 9.17) is 5.73 Å². The minimum absolute atomic E-state index is 0.00942. The molecule has 2 atom stereocenters. The summed E-state index contributed by atoms with van der Waals surface area (Å²) in [4.78, 5) is 0.00942. The van der Waals surface area contributed by atoms with E-state index in [0.717, 1.165) is 25.3 Å². The highest BCUT2D eigenvalue weighted by atomic mass is 32.2. The van der Waals surface area contributed by atoms with Crippen molar-refractivity contribution < 1.29 is 12.8 Å². The molecule has 0 amide bonds. The molecule has 106 valence electrons. The molecule has 1 aromatic rings. The fourth-order valence-corrected chi connectivity index (χ4v) is 4.20. The lowest BCUT2D eigenvalue weighted by atomic mass is 10.1. The van der Waals surface area contributed by atoms with Gasteiger partial charge in [-0.3, -0.25) is 0 Å². The van der Waals surface area contributed by atoms with E-state index in [-0.39, 0.29) is 16.9 Å². The lowest BCUT2D eigenvalue weighted by Crippen LogP contribution is -2.40. The summed E-state index contributed by atoms with van der Waals surface area (Å²) in [7, 11) is -3.69. The number of rotatable bonds is 4. The quantitative estimate of drug-likeness (QED) is 0.882. The molecule has 0 unspecified atom stereocenters. The van der Waals surface area contributed by atoms with Gasteiger partial charge in [0, 0.05) is 6.04 Å². The van der Waals surface area contributed by atoms with Gasteiger partial charge in [-0.1, -0.05) is 12.5 Å². The zero-order chi connectivity index (χ0) is 14.0. The van der Waals surface area contributed by atoms with Gasteiger partial charge in [0.25, 0.3) is 0 Å². The number of nitrogens with one attached hydrogen (secondary N) is 1. The standard InChI is InChI=1S/C13H19FN2O2S/c1-9-5-6-11(14)7-13(9)19(17,18)16-12-4-2-3-10(12)8-15/h5-7,10,12,16H,2-4,8,15H2,1H3/t10-,12+/m0/s1. The van der Waals surface area contributed by atoms with Gasteiger partial charge in [-0.25, -0.2) is 17.5 Å². The van der Waals surface area contributed by atoms with Crippen LogP contribution in [-0.2, 0) is 10.0 Å². The first kappa shape index (κ1) is 14.4. The summed E-state index contributed by atoms with van der Waals surface area (Å²) >= 11 is 0. The van der Waals surface area contributed by atoms with Gasteiger partial charge in [-0.05, 0) is 49.9 Å². The summed E-state index contributed by atoms with van der Waals surface area (Å²) in [6.07, 6.45) is 2.69. The first-order valence-corrected chi connectivity index (χ1v) is 7.91. The predicted molar refractivity (Wildman–Crippen MR) is 71.6 cm³/mol. The van der Waals surface area contributed by atoms with Crippen LogP contribution in [0, 0.1) is 18.7 Å². The van der Waals surface area contributed by atoms with Crippen molar-refractivity contribution in [1.29, 1.82) is 0 Å². The van der Waals surface area contributed by atoms with Crippen LogP contribution in [0.15, 0.2) is 23.1 Å². The molecule has 0 radical (unpaired) electrons. The maximum atomic E-state index is 13.2. The van der Waals surface area contributed by atoms with E-state index in [1.165, 1.54) is 12.1 Å². The van der Waals surface area contributed by atoms with Crippen molar-refractivity contribution in [3.05, 3.63) is 29.6 Å². The first-order valence-electron chi connectivity index (χ1n) is 6.42. The Morgan fingerprint density at radius 3 is 2.84 bits per heavy atom. The summed E-state index contributed by atoms with van der Waals surface area (Å²) in [5.41, 5.74) is 6.18. The average Bonchev–Trinajstić information content (AvgIpc) is 2.78. The maximum Gasteiger partial charge on any atom is 0.241 e. The molecule has 3 N–H and O–H groups in total. The third-order valence-electron chi connectivity index (χ3n) is 3.71. The second-order valence-electron chi connectivity index (χ2n) is 5.06. The van der Waals surface area contributed by atoms with Gasteiger partial charge in [0.15, 0.2) is 0 Å². The van der Waals surface area contributed by atoms with Crippen molar-refractivity contribution >= 4 is 10.0 Å². The van der Waals surface area contributed by atoms with Crippen LogP contribution in [0.3, 0.4) is 0 Å². The van der Waals surface area contributed by atoms with Gasteiger partial charge in [-0.2, -0.15) is 0 Å². The number of aryl methyl sites for hydroxylation is 1. The molecule has 0 aromatic heterocycles. The van der Waals surface area contributed by atoms with Crippen LogP contribution in [0.25, 0.3) is 0 Å². The Morgan fingerprint density at radius 2 is 2.16 bits per heavy atom. The van der Waals surface area contributed by atoms with Crippen LogP contribution in [0.4, 0.5) is 4.39 Å². The van der Waals surface area contributed by atoms with E-state index in [1.54, 1.807) is 6.92 Å². The summed E-state index contributed by atoms with van der Waals surface area (Å²) in [5.74, 6) is -0.378. The molecule has 0 spiro atoms. The van der Waals surface area contributed by atoms with E-state index < -0.39 is 15.8 Å². The van der Waals surface area contributed by atoms with Gasteiger partial charge >= 0.3 is 0 Å². The third kappa shape index (κ3) is 3.13. The summed E-state index contributed by atoms with van der Waals surface area (Å²) in [5, 5.41) is 0. The van der Waals surface area contributed by atoms with Crippen molar-refractivity contribution in [2.24, 2.45) is 11.7 Å². The van der Waals surface area contributed by atoms with E-state index in [1.807, 2.05) is 0 Å². The van der Waals surface area contributed by atoms with Crippen molar-refractivity contribution in [1.82, 2.24) is 4.72 Å². The Balaban J connectivity index is 2.25. The monoisotopic (exact) mass is 286 g/mol. The fraction of sp³-hybridized carbons (Fsp3) is 0.538. The lowest BCUT2D eigenvalue weighted by molar-refractivity contribution is 0.452. The lowest BCUT2D eigenvalue weighted by Gasteiger charge is -2.20. The van der Waals surface area contributed by atoms with Gasteiger partial charge in [0.1, 0.15) is 5.82 Å². The Morgan fingerprint density at radius 1 is 1.42 bits per heavy atom. The summed E-state index contributed by atoms with van der Waals surface area (Å²) in [6, 6.07) is 3.65. The highest BCUT2D eigenvalue weighted by Crippen LogP contribution is 2.27. The Kier molecular flexibility index (Phi) is 4.23. The van der Waals surface area contributed by atoms with Crippen molar-refractivity contribution in [3.63, 3.8) is 0 Å². The average molecular weight is 286 g/mol. The molecular formula is C13H19FN2O2S. The maximum absolute atomic E-state index is 13.2. The van der Waals surface area contributed by atoms with Crippen LogP contribution in [0.2, 0.25) is 0 Å². The first-order chi connectivity index (χ1) is 8.94. The second kappa shape index (κ2) is 5.56. The van der Waals surface area contributed by atoms with Crippen molar-refractivity contribution in [2.75, 3.05) is 6.54 Å². The Hall–Kier alpha value is -0.980. The van der Waals surface area contributed by atoms with Crippen LogP contribution >= 0.6 is 0 Å². The molecule has 0 aliphatic heterocycles. The molecule has 0 bridgehead atoms. The number of hydrogen-bond donors (Lipinski definition) is 2. The van der Waals surface area contributed by atoms with Crippen LogP contribution in [0.5, 0.6) is 0 Å². The van der Waals surface area contributed by atoms with Crippen molar-refractivity contribution in [3.8, 4) is 0 Å². The van der Waals surface area contributed by atoms with Crippen LogP contribution in [0.1, 0.15) is 24.8 Å². The number of hydrogen-bond acceptors (Lipinski definition) is 3. The molecule has 2 rings (SSSR count). The smallest absolute Gasteiger partial charge is 0.241 e. The molecule has 1 aliphatic carbocycles. The number of halogens is 1. The molecule has 1 fully saturated rings. The summed E-state index contributed by atoms with van der Waals surface area (Å²) < 4.78 is 40.5. The van der Waals surface area contributed by atoms with E-state index >= 15 is 0 Å². The zero-order valence-corrected chi connectivity index (χ0v) is 11.7. The highest BCUT2D eigenvalue weighted by molar-refractivity contribution is 7.89. The van der Waals surface area contributed by atoms with Gasteiger partial charge in [0.05, 0.1) is 4.90 Å². The molecular weight excluding hydrogens is 267 g/mol. The van der Waals surface area contributed by atoms with E-state index in [0.29, 0.717) is 12.1 Å². The van der Waals surface area contributed by atoms with E-state index in [9.17, 15) is 12.8 Å². The predicted octanol–water partition coefficient (Wildman–Crippen LogP) is 1.54. The molecule has 0 saturated heterocycles. The van der Waals surface area contributed by atoms with Crippen molar-refractivity contribution in [2.45, 2.75) is 37.1 Å². The second-order valence-corrected chi connectivity index (χ2v) is 6.75. The highest BCUT2D eigenvalue weighted by Gasteiger charge is 2.30. The topological polar surface area (TPSA) is 72.2 Å². The van der Waals surface area contributed by atoms with Crippen LogP contribution < -0.4 is 10.5 Å². The summed E-state index contributed by atoms with van der Waals surface area (Å²) in [6.45, 7) is 2.12. The van der Waals surface area contributed by atoms with Gasteiger partial charge in [-0.15, -0.1) is 0 Å². The molecule has 1 saturated carbocycles. The largest absolute Gasteiger partial charge is 0.330 e. The van der Waals surface area contributed by atoms with Gasteiger partial charge < -0.3 is 5.73 Å². The SMILES string of the molecule is Cc1ccc(F)cc1S(=O)(=O)N[C@@H]1CCC[C@H]1CN. The fourth-order valence-electron chi connectivity index (χ4n) is 2.60. The van der Waals surface area contributed by atoms with Crippen LogP contribution in [-0.4, -0.2) is 21.0 Å². The third-order valence-corrected chi connectivity index (χ3v) is 5.34. The molecule has 1 aromatic carbocycles. The Bertz CT molecular complexity index is 560. The molecule has 19 heavy (non-hydrogen) atoms. The number of nitrogens with two attached hydrogens (primary N) is 1. The number of sulfonamides is 1. The number of benzene rings is 1. The Labute approximate surface area is 113 Å². The molecule has 4 nitrogen and oxygen atoms in total. The van der Waals surface area contributed by atoms with E-state index in [2.05, 4.69) is 4.72 Å². The zero-order valence-electron chi connectivity index (χ0n) is 10.9. The minimum atomic E-state index is -3.69. The molecule has 6 heteroatoms. The molecule has 1 aliphatic rings. The molecule has 0 heterocycles. The minimum Gasteiger partial charge on any atom is -0.330 e.